The molecule has 2 aromatic rings. The number of fused-ring (bicyclic) bond motifs is 1. The van der Waals surface area contributed by atoms with Gasteiger partial charge in [-0.1, -0.05) is 22.7 Å². The maximum absolute atomic E-state index is 14.7. The van der Waals surface area contributed by atoms with Crippen LogP contribution in [0.5, 0.6) is 0 Å². The van der Waals surface area contributed by atoms with Gasteiger partial charge in [0, 0.05) is 26.1 Å². The number of benzene rings is 1. The smallest absolute Gasteiger partial charge is 0.330 e. The standard InChI is InChI=1S/C20H19ClFN3O8/c1-9(26)31-17-16-13(32-19(17)24-7-6-14(28)23-20(24)29)8-30-18(25(16)33-10(2)27)15-11(21)4-3-5-12(15)22/h3-7,13,16-19H,8H2,1-2H3,(H,23,28,29)/t13-,16+,17?,18?,19-/m1/s1. The molecule has 3 heterocycles. The number of aromatic nitrogens is 2. The molecule has 2 unspecified atom stereocenters. The number of esters is 1. The average Bonchev–Trinajstić information content (AvgIpc) is 3.06. The Labute approximate surface area is 190 Å². The highest BCUT2D eigenvalue weighted by molar-refractivity contribution is 6.31. The van der Waals surface area contributed by atoms with E-state index in [-0.39, 0.29) is 17.2 Å². The first-order valence-electron chi connectivity index (χ1n) is 9.84. The highest BCUT2D eigenvalue weighted by Gasteiger charge is 2.57. The van der Waals surface area contributed by atoms with E-state index in [0.717, 1.165) is 29.5 Å². The summed E-state index contributed by atoms with van der Waals surface area (Å²) in [7, 11) is 0. The van der Waals surface area contributed by atoms with Crippen molar-refractivity contribution in [1.82, 2.24) is 14.6 Å². The number of nitrogens with zero attached hydrogens (tertiary/aromatic N) is 2. The van der Waals surface area contributed by atoms with Crippen molar-refractivity contribution < 1.29 is 33.0 Å². The van der Waals surface area contributed by atoms with Crippen molar-refractivity contribution in [2.24, 2.45) is 0 Å². The molecular weight excluding hydrogens is 465 g/mol. The Kier molecular flexibility index (Phi) is 6.34. The maximum Gasteiger partial charge on any atom is 0.330 e. The van der Waals surface area contributed by atoms with E-state index >= 15 is 0 Å². The van der Waals surface area contributed by atoms with Gasteiger partial charge >= 0.3 is 17.6 Å². The van der Waals surface area contributed by atoms with E-state index in [0.29, 0.717) is 0 Å². The van der Waals surface area contributed by atoms with Crippen LogP contribution in [0.25, 0.3) is 0 Å². The lowest BCUT2D eigenvalue weighted by Gasteiger charge is -2.41. The molecule has 0 spiro atoms. The Morgan fingerprint density at radius 1 is 1.21 bits per heavy atom. The number of nitrogens with one attached hydrogen (secondary N) is 1. The van der Waals surface area contributed by atoms with Crippen molar-refractivity contribution >= 4 is 23.5 Å². The van der Waals surface area contributed by atoms with Crippen molar-refractivity contribution in [1.29, 1.82) is 0 Å². The molecule has 1 N–H and O–H groups in total. The molecule has 1 aromatic carbocycles. The number of carbonyl (C=O) groups excluding carboxylic acids is 2. The van der Waals surface area contributed by atoms with Crippen LogP contribution in [0, 0.1) is 5.82 Å². The second kappa shape index (κ2) is 9.06. The summed E-state index contributed by atoms with van der Waals surface area (Å²) in [6.07, 6.45) is -3.38. The molecule has 0 radical (unpaired) electrons. The zero-order valence-electron chi connectivity index (χ0n) is 17.4. The van der Waals surface area contributed by atoms with Gasteiger partial charge in [-0.2, -0.15) is 0 Å². The van der Waals surface area contributed by atoms with Gasteiger partial charge in [0.05, 0.1) is 17.2 Å². The number of hydrogen-bond donors (Lipinski definition) is 1. The molecule has 0 amide bonds. The SMILES string of the molecule is CC(=O)OC1[C@@H]2[C@@H](COC(c3c(F)cccc3Cl)N2OC(C)=O)O[C@H]1n1ccc(=O)[nH]c1=O. The molecule has 2 saturated heterocycles. The number of ether oxygens (including phenoxy) is 3. The Morgan fingerprint density at radius 3 is 2.61 bits per heavy atom. The Balaban J connectivity index is 1.81. The van der Waals surface area contributed by atoms with E-state index in [2.05, 4.69) is 4.98 Å². The zero-order valence-corrected chi connectivity index (χ0v) is 18.2. The molecular formula is C20H19ClFN3O8. The van der Waals surface area contributed by atoms with Crippen LogP contribution in [0.3, 0.4) is 0 Å². The third-order valence-electron chi connectivity index (χ3n) is 5.16. The minimum Gasteiger partial charge on any atom is -0.456 e. The van der Waals surface area contributed by atoms with Crippen LogP contribution in [0.4, 0.5) is 4.39 Å². The fraction of sp³-hybridized carbons (Fsp3) is 0.400. The second-order valence-corrected chi connectivity index (χ2v) is 7.82. The summed E-state index contributed by atoms with van der Waals surface area (Å²) in [5, 5.41) is 1.04. The summed E-state index contributed by atoms with van der Waals surface area (Å²) in [6.45, 7) is 2.15. The molecule has 1 aromatic heterocycles. The molecule has 2 aliphatic heterocycles. The summed E-state index contributed by atoms with van der Waals surface area (Å²) >= 11 is 6.21. The van der Waals surface area contributed by atoms with Crippen LogP contribution >= 0.6 is 11.6 Å². The number of hydrogen-bond acceptors (Lipinski definition) is 9. The highest BCUT2D eigenvalue weighted by Crippen LogP contribution is 2.44. The monoisotopic (exact) mass is 483 g/mol. The van der Waals surface area contributed by atoms with Gasteiger partial charge in [-0.3, -0.25) is 23.9 Å². The van der Waals surface area contributed by atoms with Crippen LogP contribution in [0.1, 0.15) is 31.9 Å². The van der Waals surface area contributed by atoms with E-state index in [1.54, 1.807) is 0 Å². The number of carbonyl (C=O) groups is 2. The van der Waals surface area contributed by atoms with Crippen LogP contribution in [0.15, 0.2) is 40.1 Å². The van der Waals surface area contributed by atoms with Crippen molar-refractivity contribution in [3.63, 3.8) is 0 Å². The fourth-order valence-corrected chi connectivity index (χ4v) is 4.22. The lowest BCUT2D eigenvalue weighted by atomic mass is 10.0. The van der Waals surface area contributed by atoms with Gasteiger partial charge in [-0.15, -0.1) is 0 Å². The van der Waals surface area contributed by atoms with Gasteiger partial charge in [-0.05, 0) is 12.1 Å². The topological polar surface area (TPSA) is 129 Å². The third-order valence-corrected chi connectivity index (χ3v) is 5.49. The maximum atomic E-state index is 14.7. The van der Waals surface area contributed by atoms with Crippen LogP contribution < -0.4 is 11.2 Å². The lowest BCUT2D eigenvalue weighted by molar-refractivity contribution is -0.304. The molecule has 11 nitrogen and oxygen atoms in total. The van der Waals surface area contributed by atoms with E-state index in [9.17, 15) is 23.6 Å². The van der Waals surface area contributed by atoms with Gasteiger partial charge in [0.2, 0.25) is 0 Å². The fourth-order valence-electron chi connectivity index (χ4n) is 3.97. The normalized spacial score (nSPS) is 27.1. The van der Waals surface area contributed by atoms with Crippen molar-refractivity contribution in [2.45, 2.75) is 44.6 Å². The molecule has 0 aliphatic carbocycles. The van der Waals surface area contributed by atoms with Crippen molar-refractivity contribution in [3.8, 4) is 0 Å². The van der Waals surface area contributed by atoms with Crippen molar-refractivity contribution in [3.05, 3.63) is 67.7 Å². The first kappa shape index (κ1) is 23.1. The van der Waals surface area contributed by atoms with E-state index < -0.39 is 59.7 Å². The van der Waals surface area contributed by atoms with Crippen molar-refractivity contribution in [2.75, 3.05) is 6.61 Å². The molecule has 2 fully saturated rings. The molecule has 176 valence electrons. The molecule has 0 saturated carbocycles. The number of hydroxylamine groups is 2. The van der Waals surface area contributed by atoms with Gasteiger partial charge < -0.3 is 19.0 Å². The summed E-state index contributed by atoms with van der Waals surface area (Å²) < 4.78 is 32.9. The highest BCUT2D eigenvalue weighted by atomic mass is 35.5. The van der Waals surface area contributed by atoms with Crippen LogP contribution in [0.2, 0.25) is 5.02 Å². The summed E-state index contributed by atoms with van der Waals surface area (Å²) in [6, 6.07) is 4.11. The van der Waals surface area contributed by atoms with E-state index in [1.165, 1.54) is 24.4 Å². The van der Waals surface area contributed by atoms with E-state index in [4.69, 9.17) is 30.6 Å². The van der Waals surface area contributed by atoms with E-state index in [1.807, 2.05) is 0 Å². The molecule has 33 heavy (non-hydrogen) atoms. The van der Waals surface area contributed by atoms with Gasteiger partial charge in [0.15, 0.2) is 18.6 Å². The summed E-state index contributed by atoms with van der Waals surface area (Å²) in [4.78, 5) is 55.2. The number of halogens is 2. The molecule has 4 rings (SSSR count). The van der Waals surface area contributed by atoms with Crippen LogP contribution in [-0.4, -0.2) is 51.4 Å². The van der Waals surface area contributed by atoms with Gasteiger partial charge in [0.1, 0.15) is 18.0 Å². The molecule has 5 atom stereocenters. The van der Waals surface area contributed by atoms with Gasteiger partial charge in [-0.25, -0.2) is 9.18 Å². The Hall–Kier alpha value is -3.06. The Bertz CT molecular complexity index is 1180. The quantitative estimate of drug-likeness (QED) is 0.634. The predicted octanol–water partition coefficient (Wildman–Crippen LogP) is 1.04. The minimum absolute atomic E-state index is 0.0203. The first-order valence-corrected chi connectivity index (χ1v) is 10.2. The predicted molar refractivity (Wildman–Crippen MR) is 108 cm³/mol. The lowest BCUT2D eigenvalue weighted by Crippen LogP contribution is -2.56. The summed E-state index contributed by atoms with van der Waals surface area (Å²) in [5.41, 5.74) is -1.53. The molecule has 13 heteroatoms. The number of rotatable bonds is 4. The second-order valence-electron chi connectivity index (χ2n) is 7.41. The average molecular weight is 484 g/mol. The number of aromatic amines is 1. The molecule has 2 aliphatic rings. The minimum atomic E-state index is -1.29. The first-order chi connectivity index (χ1) is 15.7. The van der Waals surface area contributed by atoms with Crippen LogP contribution in [-0.2, 0) is 28.6 Å². The number of H-pyrrole nitrogens is 1. The zero-order chi connectivity index (χ0) is 23.9. The largest absolute Gasteiger partial charge is 0.456 e. The summed E-state index contributed by atoms with van der Waals surface area (Å²) in [5.74, 6) is -2.18. The third kappa shape index (κ3) is 4.42. The Morgan fingerprint density at radius 2 is 1.97 bits per heavy atom. The molecule has 0 bridgehead atoms. The van der Waals surface area contributed by atoms with Gasteiger partial charge in [0.25, 0.3) is 5.56 Å².